The Morgan fingerprint density at radius 2 is 2.25 bits per heavy atom. The molecule has 12 heavy (non-hydrogen) atoms. The Morgan fingerprint density at radius 1 is 1.67 bits per heavy atom. The van der Waals surface area contributed by atoms with E-state index >= 15 is 0 Å². The van der Waals surface area contributed by atoms with Gasteiger partial charge >= 0.3 is 0 Å². The maximum atomic E-state index is 10.9. The van der Waals surface area contributed by atoms with Crippen LogP contribution in [0.15, 0.2) is 6.07 Å². The van der Waals surface area contributed by atoms with E-state index in [-0.39, 0.29) is 5.75 Å². The third kappa shape index (κ3) is 2.23. The van der Waals surface area contributed by atoms with Gasteiger partial charge in [-0.15, -0.1) is 0 Å². The van der Waals surface area contributed by atoms with Crippen molar-refractivity contribution in [3.8, 4) is 0 Å². The molecule has 5 nitrogen and oxygen atoms in total. The molecule has 0 bridgehead atoms. The summed E-state index contributed by atoms with van der Waals surface area (Å²) in [6.45, 7) is 0. The van der Waals surface area contributed by atoms with E-state index < -0.39 is 9.84 Å². The topological polar surface area (TPSA) is 78.0 Å². The molecule has 0 aromatic carbocycles. The summed E-state index contributed by atoms with van der Waals surface area (Å²) in [6, 6.07) is 1.56. The summed E-state index contributed by atoms with van der Waals surface area (Å²) < 4.78 is 23.2. The van der Waals surface area contributed by atoms with Crippen molar-refractivity contribution in [2.24, 2.45) is 7.05 Å². The lowest BCUT2D eigenvalue weighted by atomic mass is 10.5. The Balaban J connectivity index is 2.97. The largest absolute Gasteiger partial charge is 0.382 e. The Hall–Kier alpha value is -1.04. The quantitative estimate of drug-likeness (QED) is 0.683. The van der Waals surface area contributed by atoms with Gasteiger partial charge in [0.15, 0.2) is 9.84 Å². The second kappa shape index (κ2) is 2.78. The van der Waals surface area contributed by atoms with E-state index in [9.17, 15) is 8.42 Å². The van der Waals surface area contributed by atoms with Crippen LogP contribution in [0.3, 0.4) is 0 Å². The molecule has 0 aliphatic heterocycles. The first-order valence-electron chi connectivity index (χ1n) is 3.34. The summed E-state index contributed by atoms with van der Waals surface area (Å²) in [5.74, 6) is 0.324. The predicted octanol–water partition coefficient (Wildman–Crippen LogP) is -0.453. The molecule has 0 atom stereocenters. The molecule has 0 fully saturated rings. The van der Waals surface area contributed by atoms with Crippen molar-refractivity contribution in [1.29, 1.82) is 0 Å². The van der Waals surface area contributed by atoms with E-state index in [0.717, 1.165) is 0 Å². The van der Waals surface area contributed by atoms with Crippen LogP contribution in [0.1, 0.15) is 5.69 Å². The first-order valence-corrected chi connectivity index (χ1v) is 5.40. The van der Waals surface area contributed by atoms with Crippen LogP contribution < -0.4 is 5.73 Å². The summed E-state index contributed by atoms with van der Waals surface area (Å²) in [5.41, 5.74) is 5.98. The molecule has 0 spiro atoms. The van der Waals surface area contributed by atoms with Crippen molar-refractivity contribution in [2.75, 3.05) is 12.0 Å². The Morgan fingerprint density at radius 3 is 2.58 bits per heavy atom. The fraction of sp³-hybridized carbons (Fsp3) is 0.500. The molecule has 1 aromatic rings. The monoisotopic (exact) mass is 189 g/mol. The minimum Gasteiger partial charge on any atom is -0.382 e. The van der Waals surface area contributed by atoms with E-state index in [1.54, 1.807) is 13.1 Å². The van der Waals surface area contributed by atoms with Gasteiger partial charge in [-0.1, -0.05) is 0 Å². The van der Waals surface area contributed by atoms with Crippen molar-refractivity contribution in [2.45, 2.75) is 5.75 Å². The van der Waals surface area contributed by atoms with Gasteiger partial charge in [-0.25, -0.2) is 8.42 Å². The first kappa shape index (κ1) is 9.05. The Labute approximate surface area is 71.1 Å². The van der Waals surface area contributed by atoms with Crippen molar-refractivity contribution in [1.82, 2.24) is 9.78 Å². The number of aryl methyl sites for hydroxylation is 1. The number of anilines is 1. The van der Waals surface area contributed by atoms with Crippen LogP contribution in [0.2, 0.25) is 0 Å². The fourth-order valence-corrected chi connectivity index (χ4v) is 1.74. The molecule has 0 saturated carbocycles. The molecule has 0 aliphatic carbocycles. The summed E-state index contributed by atoms with van der Waals surface area (Å²) in [4.78, 5) is 0. The third-order valence-electron chi connectivity index (χ3n) is 1.41. The standard InChI is InChI=1S/C6H11N3O2S/c1-9-5(3-6(7)8-9)4-12(2,10)11/h3H,4H2,1-2H3,(H2,7,8). The second-order valence-electron chi connectivity index (χ2n) is 2.75. The number of nitrogens with zero attached hydrogens (tertiary/aromatic N) is 2. The summed E-state index contributed by atoms with van der Waals surface area (Å²) in [7, 11) is -1.34. The number of rotatable bonds is 2. The zero-order chi connectivity index (χ0) is 9.35. The van der Waals surface area contributed by atoms with E-state index in [4.69, 9.17) is 5.73 Å². The lowest BCUT2D eigenvalue weighted by Gasteiger charge is -1.97. The summed E-state index contributed by atoms with van der Waals surface area (Å²) >= 11 is 0. The van der Waals surface area contributed by atoms with Crippen LogP contribution >= 0.6 is 0 Å². The predicted molar refractivity (Wildman–Crippen MR) is 46.2 cm³/mol. The van der Waals surface area contributed by atoms with Gasteiger partial charge in [0.05, 0.1) is 11.4 Å². The van der Waals surface area contributed by atoms with Crippen LogP contribution in [0.4, 0.5) is 5.82 Å². The lowest BCUT2D eigenvalue weighted by Crippen LogP contribution is -2.05. The number of nitrogens with two attached hydrogens (primary N) is 1. The number of nitrogen functional groups attached to an aromatic ring is 1. The summed E-state index contributed by atoms with van der Waals surface area (Å²) in [6.07, 6.45) is 1.18. The van der Waals surface area contributed by atoms with Gasteiger partial charge < -0.3 is 5.73 Å². The molecule has 0 amide bonds. The van der Waals surface area contributed by atoms with E-state index in [1.807, 2.05) is 0 Å². The number of sulfone groups is 1. The zero-order valence-corrected chi connectivity index (χ0v) is 7.80. The second-order valence-corrected chi connectivity index (χ2v) is 4.89. The highest BCUT2D eigenvalue weighted by molar-refractivity contribution is 7.89. The molecule has 6 heteroatoms. The van der Waals surface area contributed by atoms with Crippen LogP contribution in [0, 0.1) is 0 Å². The molecule has 1 heterocycles. The van der Waals surface area contributed by atoms with Gasteiger partial charge in [-0.05, 0) is 0 Å². The van der Waals surface area contributed by atoms with Crippen LogP contribution in [-0.2, 0) is 22.6 Å². The van der Waals surface area contributed by atoms with Gasteiger partial charge in [0.2, 0.25) is 0 Å². The average molecular weight is 189 g/mol. The van der Waals surface area contributed by atoms with Gasteiger partial charge in [-0.2, -0.15) is 5.10 Å². The van der Waals surface area contributed by atoms with Crippen LogP contribution in [-0.4, -0.2) is 24.5 Å². The Bertz CT molecular complexity index is 379. The molecule has 68 valence electrons. The first-order chi connectivity index (χ1) is 5.38. The van der Waals surface area contributed by atoms with Gasteiger partial charge in [0.25, 0.3) is 0 Å². The third-order valence-corrected chi connectivity index (χ3v) is 2.23. The molecular weight excluding hydrogens is 178 g/mol. The molecule has 0 saturated heterocycles. The molecule has 1 rings (SSSR count). The SMILES string of the molecule is Cn1nc(N)cc1CS(C)(=O)=O. The Kier molecular flexibility index (Phi) is 2.10. The van der Waals surface area contributed by atoms with Crippen molar-refractivity contribution < 1.29 is 8.42 Å². The normalized spacial score (nSPS) is 11.8. The fourth-order valence-electron chi connectivity index (χ4n) is 0.934. The average Bonchev–Trinajstić information content (AvgIpc) is 2.06. The molecule has 2 N–H and O–H groups in total. The van der Waals surface area contributed by atoms with Crippen LogP contribution in [0.25, 0.3) is 0 Å². The minimum absolute atomic E-state index is 0.0201. The molecule has 0 unspecified atom stereocenters. The minimum atomic E-state index is -3.00. The highest BCUT2D eigenvalue weighted by Gasteiger charge is 2.09. The van der Waals surface area contributed by atoms with Crippen LogP contribution in [0.5, 0.6) is 0 Å². The smallest absolute Gasteiger partial charge is 0.153 e. The summed E-state index contributed by atoms with van der Waals surface area (Å²) in [5, 5.41) is 3.83. The maximum Gasteiger partial charge on any atom is 0.153 e. The van der Waals surface area contributed by atoms with Crippen molar-refractivity contribution >= 4 is 15.7 Å². The van der Waals surface area contributed by atoms with E-state index in [0.29, 0.717) is 11.5 Å². The van der Waals surface area contributed by atoms with Crippen molar-refractivity contribution in [3.05, 3.63) is 11.8 Å². The van der Waals surface area contributed by atoms with E-state index in [1.165, 1.54) is 10.9 Å². The number of aromatic nitrogens is 2. The maximum absolute atomic E-state index is 10.9. The number of hydrogen-bond acceptors (Lipinski definition) is 4. The zero-order valence-electron chi connectivity index (χ0n) is 6.98. The highest BCUT2D eigenvalue weighted by atomic mass is 32.2. The lowest BCUT2D eigenvalue weighted by molar-refractivity contribution is 0.597. The van der Waals surface area contributed by atoms with Gasteiger partial charge in [-0.3, -0.25) is 4.68 Å². The van der Waals surface area contributed by atoms with Crippen molar-refractivity contribution in [3.63, 3.8) is 0 Å². The van der Waals surface area contributed by atoms with Gasteiger partial charge in [0.1, 0.15) is 5.82 Å². The molecule has 0 radical (unpaired) electrons. The van der Waals surface area contributed by atoms with Gasteiger partial charge in [0, 0.05) is 19.4 Å². The molecule has 0 aliphatic rings. The van der Waals surface area contributed by atoms with E-state index in [2.05, 4.69) is 5.10 Å². The molecular formula is C6H11N3O2S. The highest BCUT2D eigenvalue weighted by Crippen LogP contribution is 2.07. The molecule has 1 aromatic heterocycles. The number of hydrogen-bond donors (Lipinski definition) is 1.